The predicted octanol–water partition coefficient (Wildman–Crippen LogP) is 3.37. The molecule has 1 fully saturated rings. The Morgan fingerprint density at radius 3 is 2.53 bits per heavy atom. The first-order valence-corrected chi connectivity index (χ1v) is 11.5. The van der Waals surface area contributed by atoms with Gasteiger partial charge >= 0.3 is 0 Å². The van der Waals surface area contributed by atoms with Crippen LogP contribution >= 0.6 is 0 Å². The number of nitrogens with one attached hydrogen (secondary N) is 1. The number of imidazole rings is 1. The van der Waals surface area contributed by atoms with Crippen LogP contribution in [-0.4, -0.2) is 48.4 Å². The Hall–Kier alpha value is -3.24. The van der Waals surface area contributed by atoms with E-state index in [9.17, 15) is 17.6 Å². The number of amides is 1. The molecule has 168 valence electrons. The molecule has 0 saturated carbocycles. The summed E-state index contributed by atoms with van der Waals surface area (Å²) >= 11 is 0. The fourth-order valence-corrected chi connectivity index (χ4v) is 5.40. The van der Waals surface area contributed by atoms with Gasteiger partial charge in [0, 0.05) is 36.7 Å². The molecule has 1 N–H and O–H groups in total. The summed E-state index contributed by atoms with van der Waals surface area (Å²) in [7, 11) is -2.41. The minimum atomic E-state index is -3.79. The normalized spacial score (nSPS) is 14.5. The van der Waals surface area contributed by atoms with E-state index in [1.54, 1.807) is 30.0 Å². The summed E-state index contributed by atoms with van der Waals surface area (Å²) in [6.45, 7) is 2.63. The van der Waals surface area contributed by atoms with Crippen LogP contribution in [0.2, 0.25) is 0 Å². The highest BCUT2D eigenvalue weighted by Gasteiger charge is 2.30. The molecule has 0 unspecified atom stereocenters. The molecular formula is C22H23FN4O4S. The number of methoxy groups -OCH3 is 1. The highest BCUT2D eigenvalue weighted by atomic mass is 32.2. The summed E-state index contributed by atoms with van der Waals surface area (Å²) in [5.41, 5.74) is 0.675. The van der Waals surface area contributed by atoms with Gasteiger partial charge in [-0.3, -0.25) is 4.79 Å². The zero-order valence-corrected chi connectivity index (χ0v) is 18.5. The van der Waals surface area contributed by atoms with E-state index < -0.39 is 21.7 Å². The zero-order valence-electron chi connectivity index (χ0n) is 17.7. The van der Waals surface area contributed by atoms with Crippen molar-refractivity contribution in [2.45, 2.75) is 24.7 Å². The maximum Gasteiger partial charge on any atom is 0.255 e. The zero-order chi connectivity index (χ0) is 22.9. The van der Waals surface area contributed by atoms with Gasteiger partial charge in [-0.2, -0.15) is 4.31 Å². The van der Waals surface area contributed by atoms with Crippen molar-refractivity contribution in [2.75, 3.05) is 25.5 Å². The second kappa shape index (κ2) is 8.71. The van der Waals surface area contributed by atoms with Crippen molar-refractivity contribution in [3.8, 4) is 11.4 Å². The number of anilines is 1. The molecule has 32 heavy (non-hydrogen) atoms. The minimum absolute atomic E-state index is 0.0633. The third-order valence-electron chi connectivity index (χ3n) is 5.40. The molecule has 1 aliphatic heterocycles. The average molecular weight is 459 g/mol. The number of carbonyl (C=O) groups excluding carboxylic acids is 1. The Kier molecular flexibility index (Phi) is 5.98. The van der Waals surface area contributed by atoms with E-state index >= 15 is 0 Å². The molecule has 0 spiro atoms. The summed E-state index contributed by atoms with van der Waals surface area (Å²) in [5, 5.41) is 2.62. The molecule has 3 aromatic rings. The number of aromatic nitrogens is 2. The third kappa shape index (κ3) is 4.11. The molecule has 0 aliphatic carbocycles. The molecular weight excluding hydrogens is 435 g/mol. The van der Waals surface area contributed by atoms with Crippen molar-refractivity contribution in [3.05, 3.63) is 66.0 Å². The number of aryl methyl sites for hydroxylation is 1. The summed E-state index contributed by atoms with van der Waals surface area (Å²) in [6.07, 6.45) is 4.80. The predicted molar refractivity (Wildman–Crippen MR) is 117 cm³/mol. The van der Waals surface area contributed by atoms with Crippen LogP contribution in [0.5, 0.6) is 5.75 Å². The number of sulfonamides is 1. The van der Waals surface area contributed by atoms with Crippen molar-refractivity contribution in [2.24, 2.45) is 0 Å². The lowest BCUT2D eigenvalue weighted by Crippen LogP contribution is -2.28. The van der Waals surface area contributed by atoms with Crippen LogP contribution in [-0.2, 0) is 10.0 Å². The molecule has 0 radical (unpaired) electrons. The van der Waals surface area contributed by atoms with E-state index in [-0.39, 0.29) is 21.9 Å². The van der Waals surface area contributed by atoms with Gasteiger partial charge in [-0.1, -0.05) is 0 Å². The molecule has 2 aromatic carbocycles. The summed E-state index contributed by atoms with van der Waals surface area (Å²) in [6, 6.07) is 8.53. The number of halogens is 1. The molecule has 0 bridgehead atoms. The van der Waals surface area contributed by atoms with Crippen molar-refractivity contribution < 1.29 is 22.3 Å². The minimum Gasteiger partial charge on any atom is -0.495 e. The Bertz CT molecular complexity index is 1270. The summed E-state index contributed by atoms with van der Waals surface area (Å²) in [5.74, 6) is -0.294. The van der Waals surface area contributed by atoms with Crippen LogP contribution in [0.15, 0.2) is 53.7 Å². The third-order valence-corrected chi connectivity index (χ3v) is 7.32. The highest BCUT2D eigenvalue weighted by molar-refractivity contribution is 7.89. The SMILES string of the molecule is COc1ccc(C(=O)Nc2ccc(-n3ccnc3C)c(F)c2)cc1S(=O)(=O)N1CCCC1. The number of rotatable bonds is 6. The van der Waals surface area contributed by atoms with Gasteiger partial charge < -0.3 is 14.6 Å². The fourth-order valence-electron chi connectivity index (χ4n) is 3.70. The van der Waals surface area contributed by atoms with Crippen molar-refractivity contribution in [1.29, 1.82) is 0 Å². The molecule has 8 nitrogen and oxygen atoms in total. The van der Waals surface area contributed by atoms with E-state index in [4.69, 9.17) is 4.74 Å². The van der Waals surface area contributed by atoms with Crippen LogP contribution < -0.4 is 10.1 Å². The van der Waals surface area contributed by atoms with Crippen LogP contribution in [0.4, 0.5) is 10.1 Å². The molecule has 1 amide bonds. The maximum absolute atomic E-state index is 14.6. The monoisotopic (exact) mass is 458 g/mol. The van der Waals surface area contributed by atoms with Gasteiger partial charge in [-0.05, 0) is 56.2 Å². The fraction of sp³-hybridized carbons (Fsp3) is 0.273. The number of benzene rings is 2. The van der Waals surface area contributed by atoms with E-state index in [0.29, 0.717) is 24.6 Å². The first kappa shape index (κ1) is 22.0. The molecule has 1 saturated heterocycles. The average Bonchev–Trinajstić information content (AvgIpc) is 3.46. The standard InChI is InChI=1S/C22H23FN4O4S/c1-15-24-9-12-27(15)19-7-6-17(14-18(19)23)25-22(28)16-5-8-20(31-2)21(13-16)32(29,30)26-10-3-4-11-26/h5-9,12-14H,3-4,10-11H2,1-2H3,(H,25,28). The molecule has 2 heterocycles. The van der Waals surface area contributed by atoms with Gasteiger partial charge in [0.1, 0.15) is 22.3 Å². The van der Waals surface area contributed by atoms with Gasteiger partial charge in [0.2, 0.25) is 10.0 Å². The van der Waals surface area contributed by atoms with E-state index in [1.807, 2.05) is 0 Å². The Morgan fingerprint density at radius 2 is 1.91 bits per heavy atom. The first-order valence-electron chi connectivity index (χ1n) is 10.1. The van der Waals surface area contributed by atoms with Gasteiger partial charge in [0.25, 0.3) is 5.91 Å². The van der Waals surface area contributed by atoms with E-state index in [1.165, 1.54) is 41.7 Å². The quantitative estimate of drug-likeness (QED) is 0.611. The van der Waals surface area contributed by atoms with E-state index in [2.05, 4.69) is 10.3 Å². The first-order chi connectivity index (χ1) is 15.3. The van der Waals surface area contributed by atoms with Gasteiger partial charge in [0.15, 0.2) is 0 Å². The van der Waals surface area contributed by atoms with Crippen molar-refractivity contribution in [3.63, 3.8) is 0 Å². The van der Waals surface area contributed by atoms with Crippen molar-refractivity contribution in [1.82, 2.24) is 13.9 Å². The largest absolute Gasteiger partial charge is 0.495 e. The second-order valence-corrected chi connectivity index (χ2v) is 9.35. The van der Waals surface area contributed by atoms with Crippen LogP contribution in [0.3, 0.4) is 0 Å². The Morgan fingerprint density at radius 1 is 1.16 bits per heavy atom. The van der Waals surface area contributed by atoms with Gasteiger partial charge in [-0.25, -0.2) is 17.8 Å². The molecule has 10 heteroatoms. The number of ether oxygens (including phenoxy) is 1. The van der Waals surface area contributed by atoms with Crippen LogP contribution in [0.25, 0.3) is 5.69 Å². The topological polar surface area (TPSA) is 93.5 Å². The highest BCUT2D eigenvalue weighted by Crippen LogP contribution is 2.30. The molecule has 4 rings (SSSR count). The van der Waals surface area contributed by atoms with Gasteiger partial charge in [-0.15, -0.1) is 0 Å². The molecule has 1 aromatic heterocycles. The van der Waals surface area contributed by atoms with Crippen LogP contribution in [0, 0.1) is 12.7 Å². The Balaban J connectivity index is 1.60. The molecule has 0 atom stereocenters. The Labute approximate surface area is 185 Å². The van der Waals surface area contributed by atoms with Crippen LogP contribution in [0.1, 0.15) is 29.0 Å². The lowest BCUT2D eigenvalue weighted by molar-refractivity contribution is 0.102. The number of carbonyl (C=O) groups is 1. The smallest absolute Gasteiger partial charge is 0.255 e. The maximum atomic E-state index is 14.6. The number of hydrogen-bond acceptors (Lipinski definition) is 5. The summed E-state index contributed by atoms with van der Waals surface area (Å²) in [4.78, 5) is 16.8. The lowest BCUT2D eigenvalue weighted by Gasteiger charge is -2.18. The lowest BCUT2D eigenvalue weighted by atomic mass is 10.2. The number of hydrogen-bond donors (Lipinski definition) is 1. The van der Waals surface area contributed by atoms with Crippen molar-refractivity contribution >= 4 is 21.6 Å². The van der Waals surface area contributed by atoms with Gasteiger partial charge in [0.05, 0.1) is 12.8 Å². The number of nitrogens with zero attached hydrogens (tertiary/aromatic N) is 3. The van der Waals surface area contributed by atoms with E-state index in [0.717, 1.165) is 12.8 Å². The second-order valence-electron chi connectivity index (χ2n) is 7.44. The molecule has 1 aliphatic rings. The summed E-state index contributed by atoms with van der Waals surface area (Å²) < 4.78 is 48.9.